The fourth-order valence-corrected chi connectivity index (χ4v) is 6.45. The number of hydrogen-bond acceptors (Lipinski definition) is 3. The topological polar surface area (TPSA) is 38.7 Å². The molecule has 1 unspecified atom stereocenters. The Balaban J connectivity index is 3.18. The zero-order chi connectivity index (χ0) is 26.4. The lowest BCUT2D eigenvalue weighted by molar-refractivity contribution is 0.244. The van der Waals surface area contributed by atoms with Crippen LogP contribution in [0.1, 0.15) is 133 Å². The molecule has 0 saturated carbocycles. The molecule has 1 atom stereocenters. The van der Waals surface area contributed by atoms with Crippen molar-refractivity contribution in [2.75, 3.05) is 6.61 Å². The molecule has 1 N–H and O–H groups in total. The molecular weight excluding hydrogens is 439 g/mol. The Bertz CT molecular complexity index is 738. The summed E-state index contributed by atoms with van der Waals surface area (Å²) in [6.07, 6.45) is 6.61. The van der Waals surface area contributed by atoms with Gasteiger partial charge in [0.2, 0.25) is 0 Å². The van der Waals surface area contributed by atoms with E-state index in [1.807, 2.05) is 6.07 Å². The van der Waals surface area contributed by atoms with Crippen LogP contribution in [0, 0.1) is 16.7 Å². The monoisotopic (exact) mass is 494 g/mol. The van der Waals surface area contributed by atoms with Crippen molar-refractivity contribution in [2.45, 2.75) is 132 Å². The molecule has 0 bridgehead atoms. The minimum atomic E-state index is -1.96. The molecule has 0 aliphatic carbocycles. The third-order valence-electron chi connectivity index (χ3n) is 6.18. The second kappa shape index (κ2) is 12.6. The molecule has 0 aliphatic rings. The quantitative estimate of drug-likeness (QED) is 0.219. The van der Waals surface area contributed by atoms with E-state index in [-0.39, 0.29) is 21.7 Å². The maximum absolute atomic E-state index is 10.7. The summed E-state index contributed by atoms with van der Waals surface area (Å²) >= 11 is 0. The maximum atomic E-state index is 10.7. The van der Waals surface area contributed by atoms with Crippen LogP contribution in [-0.4, -0.2) is 11.5 Å². The smallest absolute Gasteiger partial charge is 0.394 e. The summed E-state index contributed by atoms with van der Waals surface area (Å²) < 4.78 is 11.9. The summed E-state index contributed by atoms with van der Waals surface area (Å²) in [5.41, 5.74) is 2.74. The summed E-state index contributed by atoms with van der Waals surface area (Å²) in [6.45, 7) is 28.1. The highest BCUT2D eigenvalue weighted by Gasteiger charge is 2.38. The average molecular weight is 495 g/mol. The second-order valence-corrected chi connectivity index (χ2v) is 15.2. The molecule has 0 radical (unpaired) electrons. The van der Waals surface area contributed by atoms with Gasteiger partial charge in [-0.2, -0.15) is 0 Å². The summed E-state index contributed by atoms with van der Waals surface area (Å²) in [4.78, 5) is 10.7. The van der Waals surface area contributed by atoms with Gasteiger partial charge < -0.3 is 13.9 Å². The van der Waals surface area contributed by atoms with Crippen LogP contribution in [-0.2, 0) is 15.4 Å². The molecule has 0 heterocycles. The van der Waals surface area contributed by atoms with Gasteiger partial charge >= 0.3 is 8.60 Å². The van der Waals surface area contributed by atoms with Crippen LogP contribution >= 0.6 is 8.60 Å². The first-order valence-corrected chi connectivity index (χ1v) is 14.4. The van der Waals surface area contributed by atoms with Crippen LogP contribution in [0.5, 0.6) is 5.75 Å². The van der Waals surface area contributed by atoms with Crippen molar-refractivity contribution in [2.24, 2.45) is 16.7 Å². The lowest BCUT2D eigenvalue weighted by atomic mass is 9.64. The van der Waals surface area contributed by atoms with Gasteiger partial charge in [-0.1, -0.05) is 114 Å². The van der Waals surface area contributed by atoms with Gasteiger partial charge in [0.25, 0.3) is 0 Å². The largest absolute Gasteiger partial charge is 0.427 e. The molecule has 0 aliphatic heterocycles. The molecule has 0 fully saturated rings. The highest BCUT2D eigenvalue weighted by molar-refractivity contribution is 7.41. The average Bonchev–Trinajstić information content (AvgIpc) is 2.60. The van der Waals surface area contributed by atoms with E-state index in [0.29, 0.717) is 6.61 Å². The second-order valence-electron chi connectivity index (χ2n) is 14.3. The Hall–Kier alpha value is -0.630. The summed E-state index contributed by atoms with van der Waals surface area (Å²) in [6, 6.07) is 6.34. The van der Waals surface area contributed by atoms with E-state index in [2.05, 4.69) is 95.2 Å². The Morgan fingerprint density at radius 2 is 1.35 bits per heavy atom. The molecule has 0 amide bonds. The Morgan fingerprint density at radius 3 is 1.88 bits per heavy atom. The molecular formula is C30H55O3P. The van der Waals surface area contributed by atoms with Crippen LogP contribution in [0.25, 0.3) is 0 Å². The SMILES string of the molecule is CC(C)CCCCCOP(O)Oc1cccc(C(C)(C)CC(C)(C)C)c1C(C)(C)CC(C)(C)C. The van der Waals surface area contributed by atoms with Gasteiger partial charge in [-0.15, -0.1) is 0 Å². The van der Waals surface area contributed by atoms with Gasteiger partial charge in [-0.3, -0.25) is 0 Å². The predicted octanol–water partition coefficient (Wildman–Crippen LogP) is 9.95. The molecule has 198 valence electrons. The van der Waals surface area contributed by atoms with Crippen LogP contribution in [0.15, 0.2) is 18.2 Å². The Morgan fingerprint density at radius 1 is 0.794 bits per heavy atom. The van der Waals surface area contributed by atoms with E-state index in [1.54, 1.807) is 0 Å². The van der Waals surface area contributed by atoms with Crippen molar-refractivity contribution in [3.8, 4) is 5.75 Å². The van der Waals surface area contributed by atoms with Crippen molar-refractivity contribution in [3.05, 3.63) is 29.3 Å². The normalized spacial score (nSPS) is 14.5. The van der Waals surface area contributed by atoms with Crippen LogP contribution < -0.4 is 4.52 Å². The van der Waals surface area contributed by atoms with Crippen molar-refractivity contribution >= 4 is 8.60 Å². The van der Waals surface area contributed by atoms with E-state index < -0.39 is 8.60 Å². The number of rotatable bonds is 13. The summed E-state index contributed by atoms with van der Waals surface area (Å²) in [5, 5.41) is 0. The highest BCUT2D eigenvalue weighted by atomic mass is 31.2. The van der Waals surface area contributed by atoms with Crippen molar-refractivity contribution < 1.29 is 13.9 Å². The first-order valence-electron chi connectivity index (χ1n) is 13.3. The summed E-state index contributed by atoms with van der Waals surface area (Å²) in [5.74, 6) is 1.51. The first kappa shape index (κ1) is 31.4. The lowest BCUT2D eigenvalue weighted by Gasteiger charge is -2.41. The van der Waals surface area contributed by atoms with E-state index in [1.165, 1.54) is 24.0 Å². The van der Waals surface area contributed by atoms with Gasteiger partial charge in [-0.05, 0) is 58.5 Å². The molecule has 1 aromatic rings. The molecule has 34 heavy (non-hydrogen) atoms. The standard InChI is InChI=1S/C30H55O3P/c1-23(2)17-14-13-15-20-32-34(31)33-25-19-16-18-24(29(9,10)21-27(3,4)5)26(25)30(11,12)22-28(6,7)8/h16,18-19,23,31H,13-15,17,20-22H2,1-12H3. The van der Waals surface area contributed by atoms with E-state index in [9.17, 15) is 4.89 Å². The van der Waals surface area contributed by atoms with E-state index in [0.717, 1.165) is 37.4 Å². The molecule has 4 heteroatoms. The van der Waals surface area contributed by atoms with Gasteiger partial charge in [0.1, 0.15) is 5.75 Å². The molecule has 0 saturated heterocycles. The fraction of sp³-hybridized carbons (Fsp3) is 0.800. The molecule has 0 spiro atoms. The van der Waals surface area contributed by atoms with Gasteiger partial charge in [-0.25, -0.2) is 0 Å². The van der Waals surface area contributed by atoms with Gasteiger partial charge in [0.15, 0.2) is 0 Å². The number of benzene rings is 1. The van der Waals surface area contributed by atoms with Gasteiger partial charge in [0.05, 0.1) is 6.61 Å². The maximum Gasteiger partial charge on any atom is 0.394 e. The van der Waals surface area contributed by atoms with E-state index in [4.69, 9.17) is 9.05 Å². The minimum absolute atomic E-state index is 0.0302. The lowest BCUT2D eigenvalue weighted by Crippen LogP contribution is -2.32. The number of hydrogen-bond donors (Lipinski definition) is 1. The molecule has 3 nitrogen and oxygen atoms in total. The molecule has 1 aromatic carbocycles. The molecule has 1 rings (SSSR count). The third-order valence-corrected chi connectivity index (χ3v) is 6.94. The first-order chi connectivity index (χ1) is 15.3. The fourth-order valence-electron chi connectivity index (χ4n) is 5.79. The zero-order valence-electron chi connectivity index (χ0n) is 24.5. The van der Waals surface area contributed by atoms with Crippen LogP contribution in [0.4, 0.5) is 0 Å². The Labute approximate surface area is 213 Å². The van der Waals surface area contributed by atoms with Crippen molar-refractivity contribution in [1.82, 2.24) is 0 Å². The van der Waals surface area contributed by atoms with E-state index >= 15 is 0 Å². The third kappa shape index (κ3) is 11.4. The predicted molar refractivity (Wildman–Crippen MR) is 150 cm³/mol. The number of unbranched alkanes of at least 4 members (excludes halogenated alkanes) is 2. The van der Waals surface area contributed by atoms with Crippen LogP contribution in [0.2, 0.25) is 0 Å². The van der Waals surface area contributed by atoms with Crippen LogP contribution in [0.3, 0.4) is 0 Å². The zero-order valence-corrected chi connectivity index (χ0v) is 25.4. The van der Waals surface area contributed by atoms with Gasteiger partial charge in [0, 0.05) is 5.56 Å². The summed E-state index contributed by atoms with van der Waals surface area (Å²) in [7, 11) is -1.96. The minimum Gasteiger partial charge on any atom is -0.427 e. The Kier molecular flexibility index (Phi) is 11.6. The van der Waals surface area contributed by atoms with Crippen molar-refractivity contribution in [1.29, 1.82) is 0 Å². The van der Waals surface area contributed by atoms with Crippen molar-refractivity contribution in [3.63, 3.8) is 0 Å². The molecule has 0 aromatic heterocycles. The highest BCUT2D eigenvalue weighted by Crippen LogP contribution is 2.50.